The number of ether oxygens (including phenoxy) is 4. The van der Waals surface area contributed by atoms with Crippen LogP contribution in [0.5, 0.6) is 0 Å². The number of carbonyl (C=O) groups excluding carboxylic acids is 5. The number of allylic oxidation sites excluding steroid dienone is 7. The van der Waals surface area contributed by atoms with Crippen molar-refractivity contribution < 1.29 is 61.3 Å². The molecule has 0 spiro atoms. The maximum atomic E-state index is 14.8. The Hall–Kier alpha value is -2.78. The first-order valence-electron chi connectivity index (χ1n) is 27.3. The van der Waals surface area contributed by atoms with Gasteiger partial charge in [0.1, 0.15) is 5.78 Å². The summed E-state index contributed by atoms with van der Waals surface area (Å²) in [5.41, 5.74) is -3.15. The number of fused-ring (bicyclic) bond motifs is 3. The van der Waals surface area contributed by atoms with Crippen molar-refractivity contribution in [2.75, 3.05) is 52.0 Å². The van der Waals surface area contributed by atoms with E-state index in [1.807, 2.05) is 58.1 Å². The van der Waals surface area contributed by atoms with Crippen molar-refractivity contribution in [2.45, 2.75) is 177 Å². The van der Waals surface area contributed by atoms with Crippen LogP contribution in [-0.4, -0.2) is 165 Å². The Morgan fingerprint density at radius 1 is 1.05 bits per heavy atom. The van der Waals surface area contributed by atoms with Crippen molar-refractivity contribution in [3.05, 3.63) is 57.5 Å². The van der Waals surface area contributed by atoms with Crippen LogP contribution in [0.1, 0.15) is 126 Å². The third kappa shape index (κ3) is 18.4. The number of amides is 1. The number of hydrogen-bond donors (Lipinski definition) is 5. The monoisotopic (exact) mass is 1310 g/mol. The fraction of sp³-hybridized carbons (Fsp3) is 0.719. The Balaban J connectivity index is 1.73. The molecule has 3 aliphatic heterocycles. The summed E-state index contributed by atoms with van der Waals surface area (Å²) in [6, 6.07) is -0.210. The van der Waals surface area contributed by atoms with Gasteiger partial charge in [-0.2, -0.15) is 0 Å². The molecule has 77 heavy (non-hydrogen) atoms. The largest absolute Gasteiger partial charge is 0.395 e. The Bertz CT molecular complexity index is 2160. The molecule has 436 valence electrons. The number of esters is 1. The molecule has 20 heteroatoms. The van der Waals surface area contributed by atoms with E-state index in [0.717, 1.165) is 14.9 Å². The SMILES string of the molecule is C=N/C(=C\N(N)[C@H]1CC[C@@H](C[C@@H](C)[C@@H]2CC(=O)[C@H](C)/C=C(\C)[C@@H](O)[C@@H](OC)C(=O)[C@H](C)CC(I)/C=C/C=C/C=C(\C)I(OC)C[C@H]3CCC[C@@H](C)[C@@](C)(O3)C(=O)C(=O)N3CCCC[C@@]3(O)C(=O)O2)C[C@H]1OC)CNCCO. The Morgan fingerprint density at radius 3 is 2.44 bits per heavy atom. The number of aliphatic imine (C=N–C) groups is 1. The second-order valence-electron chi connectivity index (χ2n) is 21.7. The molecule has 0 radical (unpaired) electrons. The number of nitrogens with two attached hydrogens (primary N) is 1. The molecule has 1 saturated carbocycles. The number of carbonyl (C=O) groups is 5. The fourth-order valence-electron chi connectivity index (χ4n) is 11.0. The number of methoxy groups -OCH3 is 2. The Morgan fingerprint density at radius 2 is 1.78 bits per heavy atom. The van der Waals surface area contributed by atoms with Gasteiger partial charge in [-0.3, -0.25) is 9.79 Å². The smallest absolute Gasteiger partial charge is 0.0792 e. The van der Waals surface area contributed by atoms with Crippen molar-refractivity contribution in [3.63, 3.8) is 0 Å². The van der Waals surface area contributed by atoms with E-state index in [-0.39, 0.29) is 65.5 Å². The number of piperidine rings is 1. The maximum absolute atomic E-state index is 14.8. The third-order valence-corrected chi connectivity index (χ3v) is 22.1. The number of hydrogen-bond acceptors (Lipinski definition) is 17. The van der Waals surface area contributed by atoms with Crippen LogP contribution in [0.4, 0.5) is 0 Å². The van der Waals surface area contributed by atoms with Gasteiger partial charge in [0.25, 0.3) is 0 Å². The minimum atomic E-state index is -2.52. The van der Waals surface area contributed by atoms with Gasteiger partial charge in [-0.15, -0.1) is 0 Å². The zero-order chi connectivity index (χ0) is 57.2. The normalized spacial score (nSPS) is 36.8. The minimum absolute atomic E-state index is 0.0107. The van der Waals surface area contributed by atoms with Crippen LogP contribution >= 0.6 is 42.8 Å². The molecule has 4 aliphatic rings. The van der Waals surface area contributed by atoms with E-state index in [4.69, 9.17) is 27.9 Å². The average molecular weight is 1310 g/mol. The number of hydrazine groups is 1. The summed E-state index contributed by atoms with van der Waals surface area (Å²) >= 11 is -0.00212. The topological polar surface area (TPSA) is 249 Å². The van der Waals surface area contributed by atoms with Crippen molar-refractivity contribution >= 4 is 78.8 Å². The van der Waals surface area contributed by atoms with Crippen LogP contribution in [0.3, 0.4) is 0 Å². The van der Waals surface area contributed by atoms with Gasteiger partial charge in [-0.1, -0.05) is 19.9 Å². The first-order valence-corrected chi connectivity index (χ1v) is 32.1. The summed E-state index contributed by atoms with van der Waals surface area (Å²) in [7, 11) is 4.68. The summed E-state index contributed by atoms with van der Waals surface area (Å²) in [4.78, 5) is 77.6. The quantitative estimate of drug-likeness (QED) is 0.0143. The molecule has 18 nitrogen and oxygen atoms in total. The summed E-state index contributed by atoms with van der Waals surface area (Å²) in [6.07, 6.45) is 14.1. The van der Waals surface area contributed by atoms with Crippen molar-refractivity contribution in [1.82, 2.24) is 15.2 Å². The van der Waals surface area contributed by atoms with Gasteiger partial charge in [0.05, 0.1) is 24.4 Å². The molecular weight excluding hydrogens is 1220 g/mol. The van der Waals surface area contributed by atoms with Gasteiger partial charge >= 0.3 is 301 Å². The van der Waals surface area contributed by atoms with E-state index >= 15 is 0 Å². The summed E-state index contributed by atoms with van der Waals surface area (Å²) in [5.74, 6) is 0.888. The molecule has 3 heterocycles. The molecule has 2 bridgehead atoms. The van der Waals surface area contributed by atoms with Gasteiger partial charge in [0, 0.05) is 39.4 Å². The predicted octanol–water partition coefficient (Wildman–Crippen LogP) is 7.06. The molecule has 0 aromatic heterocycles. The number of nitrogens with zero attached hydrogens (tertiary/aromatic N) is 3. The van der Waals surface area contributed by atoms with Crippen LogP contribution in [0.15, 0.2) is 62.5 Å². The number of rotatable bonds is 13. The Labute approximate surface area is 479 Å². The number of halogens is 2. The maximum Gasteiger partial charge on any atom is 0.0792 e. The zero-order valence-corrected chi connectivity index (χ0v) is 51.6. The second kappa shape index (κ2) is 32.0. The Kier molecular flexibility index (Phi) is 27.7. The van der Waals surface area contributed by atoms with Crippen LogP contribution in [-0.2, 0) is 46.0 Å². The van der Waals surface area contributed by atoms with E-state index in [9.17, 15) is 39.3 Å². The van der Waals surface area contributed by atoms with Crippen molar-refractivity contribution in [3.8, 4) is 0 Å². The molecule has 1 amide bonds. The van der Waals surface area contributed by atoms with Crippen molar-refractivity contribution in [1.29, 1.82) is 0 Å². The number of aliphatic hydroxyl groups excluding tert-OH is 2. The molecule has 0 aromatic carbocycles. The van der Waals surface area contributed by atoms with Crippen molar-refractivity contribution in [2.24, 2.45) is 40.4 Å². The molecule has 1 unspecified atom stereocenters. The van der Waals surface area contributed by atoms with E-state index < -0.39 is 91.4 Å². The molecule has 2 saturated heterocycles. The van der Waals surface area contributed by atoms with Crippen LogP contribution in [0.25, 0.3) is 0 Å². The average Bonchev–Trinajstić information content (AvgIpc) is 3.55. The van der Waals surface area contributed by atoms with E-state index in [1.54, 1.807) is 52.3 Å². The third-order valence-electron chi connectivity index (χ3n) is 16.1. The summed E-state index contributed by atoms with van der Waals surface area (Å²) in [5, 5.41) is 38.0. The molecule has 1 aliphatic carbocycles. The van der Waals surface area contributed by atoms with Crippen LogP contribution in [0.2, 0.25) is 0 Å². The van der Waals surface area contributed by atoms with Gasteiger partial charge in [-0.25, -0.2) is 5.84 Å². The van der Waals surface area contributed by atoms with Crippen LogP contribution in [0, 0.1) is 29.6 Å². The summed E-state index contributed by atoms with van der Waals surface area (Å²) < 4.78 is 32.4. The van der Waals surface area contributed by atoms with E-state index in [1.165, 1.54) is 7.11 Å². The van der Waals surface area contributed by atoms with Gasteiger partial charge in [0.2, 0.25) is 0 Å². The number of ketones is 3. The second-order valence-corrected chi connectivity index (χ2v) is 28.6. The number of nitrogens with one attached hydrogen (secondary N) is 1. The molecule has 4 rings (SSSR count). The predicted molar refractivity (Wildman–Crippen MR) is 315 cm³/mol. The standard InChI is InChI=1S/C57H91I2N5O13/c1-36-28-38(3)50(67)52(74-10)51(68)39(4)30-43(58)20-14-12-13-19-41(6)59(75-11)33-45-21-17-18-40(5)56(7,77-45)53(69)54(70)63-26-16-15-24-57(63,72)55(71)76-48(32-47(36)66)37(2)29-42-22-23-46(49(31-42)73-9)64(60)35-44(61-8)34-62-25-27-65/h12-14,19-20,28,35-37,39-40,42-43,45-46,48-50,52,62,65,67,72H,8,15-18,21-27,29-34,60H2,1-7,9-11H3/b13-12+,20-14+,38-28+,41-19+,44-35-/t36-,37-,39-,40-,42+,43?,45-,46+,48+,49-,50-,52-,56-,57-/m1/s1. The number of aliphatic hydroxyl groups is 3. The molecular formula is C57H91I2N5O13. The summed E-state index contributed by atoms with van der Waals surface area (Å²) in [6.45, 7) is 16.9. The minimum Gasteiger partial charge on any atom is -0.395 e. The van der Waals surface area contributed by atoms with Gasteiger partial charge < -0.3 is 25.3 Å². The van der Waals surface area contributed by atoms with Gasteiger partial charge in [0.15, 0.2) is 0 Å². The van der Waals surface area contributed by atoms with Crippen LogP contribution < -0.4 is 11.2 Å². The first kappa shape index (κ1) is 66.7. The molecule has 6 N–H and O–H groups in total. The van der Waals surface area contributed by atoms with Gasteiger partial charge in [-0.05, 0) is 50.8 Å². The zero-order valence-electron chi connectivity index (χ0n) is 47.3. The van der Waals surface area contributed by atoms with E-state index in [2.05, 4.69) is 39.6 Å². The number of alkyl halides is 2. The molecule has 3 fully saturated rings. The molecule has 14 atom stereocenters. The number of Topliss-reactive ketones (excluding diaryl/α,β-unsaturated/α-hetero) is 3. The molecule has 0 aromatic rings. The van der Waals surface area contributed by atoms with E-state index in [0.29, 0.717) is 86.6 Å². The first-order chi connectivity index (χ1) is 36.5. The fourth-order valence-corrected chi connectivity index (χ4v) is 15.9. The number of cyclic esters (lactones) is 1.